The van der Waals surface area contributed by atoms with E-state index in [0.29, 0.717) is 34.6 Å². The number of aromatic nitrogens is 2. The summed E-state index contributed by atoms with van der Waals surface area (Å²) in [5.41, 5.74) is -1.37. The molecule has 16 heteroatoms. The first kappa shape index (κ1) is 33.9. The highest BCUT2D eigenvalue weighted by Gasteiger charge is 2.57. The standard InChI is InChI=1S/C32H32F4N4O6S2/c1-44-23-8-5-21(28(15-23)45-2)18-40(30-37-19-38-47-30)48(42,43)24-9-10-25-26(11-14-46-29(25)16-24)39-13-12-31(41,32(34,35)36)17-27(39)20-3-6-22(33)7-4-20/h3-10,15-16,19,26-27,41H,11-14,17-18H2,1-2H3/t26-,27-,31-/m0/s1. The van der Waals surface area contributed by atoms with Crippen molar-refractivity contribution >= 4 is 26.7 Å². The molecule has 0 saturated carbocycles. The molecule has 1 saturated heterocycles. The minimum absolute atomic E-state index is 0.0928. The maximum Gasteiger partial charge on any atom is 0.417 e. The summed E-state index contributed by atoms with van der Waals surface area (Å²) in [7, 11) is -1.29. The van der Waals surface area contributed by atoms with Crippen molar-refractivity contribution < 1.29 is 45.3 Å². The number of nitrogens with zero attached hydrogens (tertiary/aromatic N) is 4. The van der Waals surface area contributed by atoms with Crippen LogP contribution in [0.25, 0.3) is 0 Å². The van der Waals surface area contributed by atoms with Crippen molar-refractivity contribution in [2.45, 2.75) is 54.6 Å². The van der Waals surface area contributed by atoms with Gasteiger partial charge >= 0.3 is 6.18 Å². The third kappa shape index (κ3) is 6.41. The number of rotatable bonds is 9. The van der Waals surface area contributed by atoms with Gasteiger partial charge in [0.2, 0.25) is 5.13 Å². The molecule has 1 N–H and O–H groups in total. The predicted octanol–water partition coefficient (Wildman–Crippen LogP) is 6.04. The number of fused-ring (bicyclic) bond motifs is 1. The maximum absolute atomic E-state index is 14.2. The summed E-state index contributed by atoms with van der Waals surface area (Å²) in [6, 6.07) is 13.3. The molecule has 10 nitrogen and oxygen atoms in total. The Hall–Kier alpha value is -3.99. The van der Waals surface area contributed by atoms with Gasteiger partial charge in [-0.1, -0.05) is 18.2 Å². The lowest BCUT2D eigenvalue weighted by molar-refractivity contribution is -0.280. The van der Waals surface area contributed by atoms with Crippen LogP contribution in [0.15, 0.2) is 71.9 Å². The molecular weight excluding hydrogens is 676 g/mol. The fourth-order valence-electron chi connectivity index (χ4n) is 6.29. The van der Waals surface area contributed by atoms with E-state index in [-0.39, 0.29) is 35.5 Å². The Morgan fingerprint density at radius 2 is 1.85 bits per heavy atom. The number of methoxy groups -OCH3 is 2. The number of likely N-dealkylation sites (tertiary alicyclic amines) is 1. The molecule has 0 radical (unpaired) electrons. The third-order valence-electron chi connectivity index (χ3n) is 8.85. The molecule has 4 aromatic rings. The number of anilines is 1. The van der Waals surface area contributed by atoms with Gasteiger partial charge in [-0.25, -0.2) is 22.1 Å². The molecule has 0 bridgehead atoms. The number of aliphatic hydroxyl groups is 1. The van der Waals surface area contributed by atoms with E-state index in [2.05, 4.69) is 9.36 Å². The monoisotopic (exact) mass is 708 g/mol. The van der Waals surface area contributed by atoms with E-state index in [9.17, 15) is 31.1 Å². The molecule has 48 heavy (non-hydrogen) atoms. The predicted molar refractivity (Wildman–Crippen MR) is 168 cm³/mol. The molecule has 1 aromatic heterocycles. The van der Waals surface area contributed by atoms with Crippen molar-refractivity contribution in [2.24, 2.45) is 0 Å². The van der Waals surface area contributed by atoms with Gasteiger partial charge in [0.05, 0.1) is 32.3 Å². The van der Waals surface area contributed by atoms with E-state index in [0.717, 1.165) is 15.8 Å². The third-order valence-corrected chi connectivity index (χ3v) is 11.4. The largest absolute Gasteiger partial charge is 0.497 e. The highest BCUT2D eigenvalue weighted by molar-refractivity contribution is 7.93. The summed E-state index contributed by atoms with van der Waals surface area (Å²) in [6.45, 7) is -0.0856. The second-order valence-electron chi connectivity index (χ2n) is 11.6. The Bertz CT molecular complexity index is 1860. The zero-order valence-corrected chi connectivity index (χ0v) is 27.5. The van der Waals surface area contributed by atoms with E-state index >= 15 is 0 Å². The van der Waals surface area contributed by atoms with Gasteiger partial charge in [0.25, 0.3) is 10.0 Å². The summed E-state index contributed by atoms with van der Waals surface area (Å²) in [4.78, 5) is 5.91. The fraction of sp³-hybridized carbons (Fsp3) is 0.375. The minimum Gasteiger partial charge on any atom is -0.497 e. The van der Waals surface area contributed by atoms with Gasteiger partial charge in [-0.2, -0.15) is 17.5 Å². The van der Waals surface area contributed by atoms with Crippen LogP contribution in [0, 0.1) is 5.82 Å². The molecule has 2 aliphatic rings. The van der Waals surface area contributed by atoms with E-state index < -0.39 is 52.5 Å². The Morgan fingerprint density at radius 1 is 1.08 bits per heavy atom. The first-order valence-electron chi connectivity index (χ1n) is 14.9. The average Bonchev–Trinajstić information content (AvgIpc) is 3.61. The highest BCUT2D eigenvalue weighted by atomic mass is 32.2. The number of hydrogen-bond donors (Lipinski definition) is 1. The van der Waals surface area contributed by atoms with Gasteiger partial charge in [0.1, 0.15) is 29.4 Å². The molecule has 3 aromatic carbocycles. The smallest absolute Gasteiger partial charge is 0.417 e. The normalized spacial score (nSPS) is 21.6. The van der Waals surface area contributed by atoms with Gasteiger partial charge in [0.15, 0.2) is 5.60 Å². The average molecular weight is 709 g/mol. The molecule has 6 rings (SSSR count). The molecule has 3 atom stereocenters. The Balaban J connectivity index is 1.35. The fourth-order valence-corrected chi connectivity index (χ4v) is 8.43. The zero-order valence-electron chi connectivity index (χ0n) is 25.9. The summed E-state index contributed by atoms with van der Waals surface area (Å²) in [5.74, 6) is 0.664. The number of alkyl halides is 3. The van der Waals surface area contributed by atoms with Crippen LogP contribution in [0.2, 0.25) is 0 Å². The number of benzene rings is 3. The lowest BCUT2D eigenvalue weighted by atomic mass is 9.81. The van der Waals surface area contributed by atoms with Crippen molar-refractivity contribution in [1.82, 2.24) is 14.3 Å². The zero-order chi connectivity index (χ0) is 34.3. The van der Waals surface area contributed by atoms with Gasteiger partial charge in [-0.05, 0) is 42.3 Å². The van der Waals surface area contributed by atoms with Crippen LogP contribution in [0.5, 0.6) is 17.2 Å². The number of hydrogen-bond acceptors (Lipinski definition) is 10. The molecule has 0 aliphatic carbocycles. The van der Waals surface area contributed by atoms with Crippen molar-refractivity contribution in [1.29, 1.82) is 0 Å². The molecule has 256 valence electrons. The lowest BCUT2D eigenvalue weighted by Gasteiger charge is -2.48. The van der Waals surface area contributed by atoms with Crippen LogP contribution < -0.4 is 18.5 Å². The number of piperidine rings is 1. The molecule has 0 spiro atoms. The topological polar surface area (TPSA) is 114 Å². The molecule has 0 unspecified atom stereocenters. The second kappa shape index (κ2) is 13.1. The quantitative estimate of drug-likeness (QED) is 0.208. The van der Waals surface area contributed by atoms with Crippen molar-refractivity contribution in [3.8, 4) is 17.2 Å². The van der Waals surface area contributed by atoms with Crippen LogP contribution in [-0.2, 0) is 16.6 Å². The summed E-state index contributed by atoms with van der Waals surface area (Å²) < 4.78 is 106. The van der Waals surface area contributed by atoms with Gasteiger partial charge in [0, 0.05) is 66.3 Å². The van der Waals surface area contributed by atoms with Crippen LogP contribution in [0.3, 0.4) is 0 Å². The maximum atomic E-state index is 14.2. The van der Waals surface area contributed by atoms with Crippen molar-refractivity contribution in [3.63, 3.8) is 0 Å². The Morgan fingerprint density at radius 3 is 2.52 bits per heavy atom. The van der Waals surface area contributed by atoms with Crippen molar-refractivity contribution in [2.75, 3.05) is 31.7 Å². The summed E-state index contributed by atoms with van der Waals surface area (Å²) >= 11 is 0.900. The molecular formula is C32H32F4N4O6S2. The first-order valence-corrected chi connectivity index (χ1v) is 17.1. The molecule has 1 fully saturated rings. The first-order chi connectivity index (χ1) is 22.8. The number of halogens is 4. The van der Waals surface area contributed by atoms with Crippen LogP contribution >= 0.6 is 11.5 Å². The Labute approximate surface area is 278 Å². The highest BCUT2D eigenvalue weighted by Crippen LogP contribution is 2.50. The minimum atomic E-state index is -4.86. The van der Waals surface area contributed by atoms with Crippen molar-refractivity contribution in [3.05, 3.63) is 89.5 Å². The van der Waals surface area contributed by atoms with Crippen LogP contribution in [-0.4, -0.2) is 66.9 Å². The van der Waals surface area contributed by atoms with Gasteiger partial charge in [-0.3, -0.25) is 4.90 Å². The number of sulfonamides is 1. The van der Waals surface area contributed by atoms with Gasteiger partial charge < -0.3 is 19.3 Å². The summed E-state index contributed by atoms with van der Waals surface area (Å²) in [5, 5.41) is 10.8. The van der Waals surface area contributed by atoms with E-state index in [1.165, 1.54) is 56.9 Å². The Kier molecular flexibility index (Phi) is 9.28. The molecule has 2 aliphatic heterocycles. The molecule has 0 amide bonds. The summed E-state index contributed by atoms with van der Waals surface area (Å²) in [6.07, 6.45) is -4.41. The SMILES string of the molecule is COc1ccc(CN(c2ncns2)S(=O)(=O)c2ccc3c(c2)OCC[C@@H]3N2CC[C@@](O)(C(F)(F)F)C[C@H]2c2ccc(F)cc2)c(OC)c1. The molecule has 3 heterocycles. The van der Waals surface area contributed by atoms with Crippen LogP contribution in [0.4, 0.5) is 22.7 Å². The number of ether oxygens (including phenoxy) is 3. The van der Waals surface area contributed by atoms with E-state index in [1.54, 1.807) is 24.3 Å². The van der Waals surface area contributed by atoms with Crippen LogP contribution in [0.1, 0.15) is 48.0 Å². The second-order valence-corrected chi connectivity index (χ2v) is 14.2. The van der Waals surface area contributed by atoms with Gasteiger partial charge in [-0.15, -0.1) is 0 Å². The lowest BCUT2D eigenvalue weighted by Crippen LogP contribution is -2.55. The van der Waals surface area contributed by atoms with E-state index in [1.807, 2.05) is 4.90 Å². The van der Waals surface area contributed by atoms with E-state index in [4.69, 9.17) is 14.2 Å².